The van der Waals surface area contributed by atoms with Gasteiger partial charge >= 0.3 is 11.9 Å². The first-order valence-corrected chi connectivity index (χ1v) is 15.9. The molecule has 0 aromatic rings. The van der Waals surface area contributed by atoms with Crippen molar-refractivity contribution in [3.8, 4) is 0 Å². The van der Waals surface area contributed by atoms with Gasteiger partial charge in [0, 0.05) is 36.7 Å². The average Bonchev–Trinajstić information content (AvgIpc) is 2.72. The van der Waals surface area contributed by atoms with Crippen LogP contribution in [0, 0.1) is 22.7 Å². The van der Waals surface area contributed by atoms with Gasteiger partial charge in [-0.15, -0.1) is 0 Å². The Kier molecular flexibility index (Phi) is 40.1. The average molecular weight is 664 g/mol. The van der Waals surface area contributed by atoms with Crippen LogP contribution in [-0.4, -0.2) is 46.1 Å². The van der Waals surface area contributed by atoms with Crippen LogP contribution in [0.2, 0.25) is 0 Å². The van der Waals surface area contributed by atoms with Crippen molar-refractivity contribution in [2.45, 2.75) is 186 Å². The fourth-order valence-corrected chi connectivity index (χ4v) is 4.54. The Hall–Kier alpha value is -0.261. The van der Waals surface area contributed by atoms with Crippen LogP contribution in [0.4, 0.5) is 0 Å². The second kappa shape index (κ2) is 32.3. The van der Waals surface area contributed by atoms with E-state index >= 15 is 0 Å². The Morgan fingerprint density at radius 2 is 0.718 bits per heavy atom. The van der Waals surface area contributed by atoms with Crippen LogP contribution in [0.5, 0.6) is 0 Å². The van der Waals surface area contributed by atoms with Crippen LogP contribution in [0.25, 0.3) is 0 Å². The molecule has 0 saturated heterocycles. The molecule has 4 nitrogen and oxygen atoms in total. The number of rotatable bonds is 16. The van der Waals surface area contributed by atoms with Crippen LogP contribution < -0.4 is 0 Å². The van der Waals surface area contributed by atoms with Crippen molar-refractivity contribution in [1.29, 1.82) is 0 Å². The Labute approximate surface area is 263 Å². The Morgan fingerprint density at radius 1 is 0.513 bits per heavy atom. The molecular formula is C34H72O4Sn. The molecule has 0 rings (SSSR count). The van der Waals surface area contributed by atoms with Crippen molar-refractivity contribution in [2.75, 3.05) is 0 Å². The summed E-state index contributed by atoms with van der Waals surface area (Å²) in [6.07, 6.45) is 19.5. The largest absolute Gasteiger partial charge is 0.481 e. The van der Waals surface area contributed by atoms with E-state index < -0.39 is 11.9 Å². The summed E-state index contributed by atoms with van der Waals surface area (Å²) in [4.78, 5) is 20.6. The third kappa shape index (κ3) is 62.6. The predicted molar refractivity (Wildman–Crippen MR) is 175 cm³/mol. The Morgan fingerprint density at radius 3 is 0.846 bits per heavy atom. The smallest absolute Gasteiger partial charge is 0.303 e. The maximum absolute atomic E-state index is 10.3. The van der Waals surface area contributed by atoms with Gasteiger partial charge in [-0.2, -0.15) is 0 Å². The van der Waals surface area contributed by atoms with Crippen molar-refractivity contribution in [1.82, 2.24) is 0 Å². The molecule has 2 N–H and O–H groups in total. The molecule has 4 radical (unpaired) electrons. The van der Waals surface area contributed by atoms with Crippen molar-refractivity contribution in [3.63, 3.8) is 0 Å². The minimum absolute atomic E-state index is 0. The molecule has 0 bridgehead atoms. The van der Waals surface area contributed by atoms with Gasteiger partial charge in [0.1, 0.15) is 0 Å². The third-order valence-electron chi connectivity index (χ3n) is 5.88. The first-order chi connectivity index (χ1) is 17.4. The number of carboxylic acids is 2. The topological polar surface area (TPSA) is 74.6 Å². The molecule has 0 saturated carbocycles. The second-order valence-corrected chi connectivity index (χ2v) is 13.8. The molecule has 39 heavy (non-hydrogen) atoms. The number of hydrogen-bond donors (Lipinski definition) is 2. The molecule has 2 unspecified atom stereocenters. The molecule has 236 valence electrons. The molecule has 0 aromatic heterocycles. The van der Waals surface area contributed by atoms with E-state index in [4.69, 9.17) is 10.2 Å². The van der Waals surface area contributed by atoms with Gasteiger partial charge in [-0.05, 0) is 35.5 Å². The quantitative estimate of drug-likeness (QED) is 0.127. The molecule has 0 fully saturated rings. The van der Waals surface area contributed by atoms with E-state index in [1.807, 2.05) is 13.8 Å². The van der Waals surface area contributed by atoms with Crippen LogP contribution in [0.3, 0.4) is 0 Å². The standard InChI is InChI=1S/2C9H18O2.2C8H18.Sn/c2*1-7(5-8(10)11)6-9(2,3)4;2*1-3-5-7-8-6-4-2;/h2*7H,5-6H2,1-4H3,(H,10,11);2*3-8H2,1-2H3;. The van der Waals surface area contributed by atoms with Gasteiger partial charge < -0.3 is 10.2 Å². The van der Waals surface area contributed by atoms with Crippen molar-refractivity contribution >= 4 is 35.8 Å². The van der Waals surface area contributed by atoms with E-state index in [-0.39, 0.29) is 59.4 Å². The van der Waals surface area contributed by atoms with Crippen LogP contribution >= 0.6 is 0 Å². The van der Waals surface area contributed by atoms with Crippen LogP contribution in [0.1, 0.15) is 186 Å². The van der Waals surface area contributed by atoms with Crippen LogP contribution in [0.15, 0.2) is 0 Å². The monoisotopic (exact) mass is 664 g/mol. The summed E-state index contributed by atoms with van der Waals surface area (Å²) in [6, 6.07) is 0. The first-order valence-electron chi connectivity index (χ1n) is 15.9. The minimum Gasteiger partial charge on any atom is -0.481 e. The first kappa shape index (κ1) is 48.5. The molecule has 0 aromatic carbocycles. The summed E-state index contributed by atoms with van der Waals surface area (Å²) >= 11 is 0. The molecule has 0 aliphatic heterocycles. The summed E-state index contributed by atoms with van der Waals surface area (Å²) in [6.45, 7) is 25.8. The normalized spacial score (nSPS) is 12.2. The van der Waals surface area contributed by atoms with Crippen molar-refractivity contribution < 1.29 is 19.8 Å². The third-order valence-corrected chi connectivity index (χ3v) is 5.88. The van der Waals surface area contributed by atoms with Crippen molar-refractivity contribution in [2.24, 2.45) is 22.7 Å². The summed E-state index contributed by atoms with van der Waals surface area (Å²) in [5.74, 6) is -0.816. The molecule has 5 heteroatoms. The molecule has 0 heterocycles. The number of carbonyl (C=O) groups is 2. The molecule has 0 aliphatic rings. The Bertz CT molecular complexity index is 448. The van der Waals surface area contributed by atoms with Gasteiger partial charge in [0.15, 0.2) is 0 Å². The van der Waals surface area contributed by atoms with Gasteiger partial charge in [0.25, 0.3) is 0 Å². The van der Waals surface area contributed by atoms with Crippen molar-refractivity contribution in [3.05, 3.63) is 0 Å². The van der Waals surface area contributed by atoms with E-state index in [0.717, 1.165) is 12.8 Å². The summed E-state index contributed by atoms with van der Waals surface area (Å²) in [5.41, 5.74) is 0.490. The SMILES string of the molecule is CC(CC(=O)O)CC(C)(C)C.CC(CC(=O)O)CC(C)(C)C.CCCCCCCC.CCCCCCCC.[Sn]. The summed E-state index contributed by atoms with van der Waals surface area (Å²) in [5, 5.41) is 17.0. The van der Waals surface area contributed by atoms with E-state index in [9.17, 15) is 9.59 Å². The van der Waals surface area contributed by atoms with Gasteiger partial charge in [0.2, 0.25) is 0 Å². The molecular weight excluding hydrogens is 591 g/mol. The molecule has 2 atom stereocenters. The fraction of sp³-hybridized carbons (Fsp3) is 0.941. The number of hydrogen-bond acceptors (Lipinski definition) is 2. The summed E-state index contributed by atoms with van der Waals surface area (Å²) in [7, 11) is 0. The number of unbranched alkanes of at least 4 members (excludes halogenated alkanes) is 10. The van der Waals surface area contributed by atoms with Gasteiger partial charge in [-0.1, -0.05) is 160 Å². The molecule has 0 aliphatic carbocycles. The van der Waals surface area contributed by atoms with E-state index in [2.05, 4.69) is 69.2 Å². The van der Waals surface area contributed by atoms with E-state index in [1.165, 1.54) is 77.0 Å². The molecule has 0 amide bonds. The zero-order chi connectivity index (χ0) is 30.6. The Balaban J connectivity index is -0.000000132. The molecule has 0 spiro atoms. The van der Waals surface area contributed by atoms with E-state index in [1.54, 1.807) is 0 Å². The van der Waals surface area contributed by atoms with Crippen LogP contribution in [-0.2, 0) is 9.59 Å². The van der Waals surface area contributed by atoms with Gasteiger partial charge in [-0.25, -0.2) is 0 Å². The van der Waals surface area contributed by atoms with Gasteiger partial charge in [0.05, 0.1) is 0 Å². The summed E-state index contributed by atoms with van der Waals surface area (Å²) < 4.78 is 0. The fourth-order valence-electron chi connectivity index (χ4n) is 4.54. The number of carboxylic acid groups (broad SMARTS) is 2. The van der Waals surface area contributed by atoms with E-state index in [0.29, 0.717) is 0 Å². The van der Waals surface area contributed by atoms with Gasteiger partial charge in [-0.3, -0.25) is 9.59 Å². The zero-order valence-electron chi connectivity index (χ0n) is 28.7. The predicted octanol–water partition coefficient (Wildman–Crippen LogP) is 11.4. The maximum Gasteiger partial charge on any atom is 0.303 e. The number of aliphatic carboxylic acids is 2. The maximum atomic E-state index is 10.3. The minimum atomic E-state index is -0.693. The second-order valence-electron chi connectivity index (χ2n) is 13.8. The zero-order valence-corrected chi connectivity index (χ0v) is 31.5.